The van der Waals surface area contributed by atoms with Crippen LogP contribution in [0.2, 0.25) is 0 Å². The topological polar surface area (TPSA) is 43.6 Å². The SMILES string of the molecule is CCCCCC1COc2cc(CNc3ccc4oc5ccccc5c4c3)ccc2O1. The third-order valence-corrected chi connectivity index (χ3v) is 5.73. The Kier molecular flexibility index (Phi) is 5.22. The lowest BCUT2D eigenvalue weighted by Crippen LogP contribution is -2.29. The van der Waals surface area contributed by atoms with E-state index < -0.39 is 0 Å². The Morgan fingerprint density at radius 3 is 2.73 bits per heavy atom. The number of para-hydroxylation sites is 1. The molecular formula is C26H27NO3. The Labute approximate surface area is 176 Å². The summed E-state index contributed by atoms with van der Waals surface area (Å²) in [4.78, 5) is 0. The molecule has 1 atom stereocenters. The molecule has 1 aromatic heterocycles. The molecule has 4 aromatic rings. The molecule has 0 spiro atoms. The van der Waals surface area contributed by atoms with Gasteiger partial charge in [0.15, 0.2) is 11.5 Å². The van der Waals surface area contributed by atoms with Crippen LogP contribution in [0.1, 0.15) is 38.2 Å². The van der Waals surface area contributed by atoms with Crippen LogP contribution in [0.5, 0.6) is 11.5 Å². The average Bonchev–Trinajstić information content (AvgIpc) is 3.16. The van der Waals surface area contributed by atoms with Crippen LogP contribution in [0.3, 0.4) is 0 Å². The van der Waals surface area contributed by atoms with E-state index in [4.69, 9.17) is 13.9 Å². The zero-order chi connectivity index (χ0) is 20.3. The molecule has 1 unspecified atom stereocenters. The van der Waals surface area contributed by atoms with Crippen molar-refractivity contribution in [2.75, 3.05) is 11.9 Å². The lowest BCUT2D eigenvalue weighted by molar-refractivity contribution is 0.0828. The van der Waals surface area contributed by atoms with Gasteiger partial charge in [0.05, 0.1) is 0 Å². The molecule has 2 heterocycles. The van der Waals surface area contributed by atoms with Crippen molar-refractivity contribution in [1.29, 1.82) is 0 Å². The number of rotatable bonds is 7. The van der Waals surface area contributed by atoms with Crippen LogP contribution in [-0.4, -0.2) is 12.7 Å². The zero-order valence-electron chi connectivity index (χ0n) is 17.3. The Hall–Kier alpha value is -3.14. The second-order valence-electron chi connectivity index (χ2n) is 7.99. The highest BCUT2D eigenvalue weighted by atomic mass is 16.6. The lowest BCUT2D eigenvalue weighted by atomic mass is 10.1. The fraction of sp³-hybridized carbons (Fsp3) is 0.308. The van der Waals surface area contributed by atoms with Crippen LogP contribution in [-0.2, 0) is 6.54 Å². The largest absolute Gasteiger partial charge is 0.486 e. The van der Waals surface area contributed by atoms with E-state index in [9.17, 15) is 0 Å². The van der Waals surface area contributed by atoms with Crippen molar-refractivity contribution in [1.82, 2.24) is 0 Å². The van der Waals surface area contributed by atoms with Gasteiger partial charge < -0.3 is 19.2 Å². The molecule has 0 fully saturated rings. The van der Waals surface area contributed by atoms with Crippen LogP contribution >= 0.6 is 0 Å². The summed E-state index contributed by atoms with van der Waals surface area (Å²) in [6.07, 6.45) is 4.89. The molecule has 4 heteroatoms. The van der Waals surface area contributed by atoms with Crippen molar-refractivity contribution in [3.8, 4) is 11.5 Å². The van der Waals surface area contributed by atoms with Gasteiger partial charge in [-0.25, -0.2) is 0 Å². The molecule has 0 bridgehead atoms. The highest BCUT2D eigenvalue weighted by Gasteiger charge is 2.20. The minimum absolute atomic E-state index is 0.171. The number of unbranched alkanes of at least 4 members (excludes halogenated alkanes) is 2. The predicted octanol–water partition coefficient (Wildman–Crippen LogP) is 6.92. The smallest absolute Gasteiger partial charge is 0.161 e. The first-order valence-electron chi connectivity index (χ1n) is 10.9. The van der Waals surface area contributed by atoms with E-state index in [-0.39, 0.29) is 6.10 Å². The van der Waals surface area contributed by atoms with E-state index in [0.29, 0.717) is 6.61 Å². The van der Waals surface area contributed by atoms with Gasteiger partial charge in [0.1, 0.15) is 23.9 Å². The predicted molar refractivity (Wildman–Crippen MR) is 122 cm³/mol. The maximum atomic E-state index is 6.12. The molecule has 154 valence electrons. The van der Waals surface area contributed by atoms with Gasteiger partial charge in [0.25, 0.3) is 0 Å². The molecule has 0 radical (unpaired) electrons. The van der Waals surface area contributed by atoms with Crippen LogP contribution in [0.25, 0.3) is 21.9 Å². The molecule has 30 heavy (non-hydrogen) atoms. The highest BCUT2D eigenvalue weighted by molar-refractivity contribution is 6.05. The second kappa shape index (κ2) is 8.31. The van der Waals surface area contributed by atoms with Gasteiger partial charge >= 0.3 is 0 Å². The normalized spacial score (nSPS) is 15.6. The first-order chi connectivity index (χ1) is 14.8. The van der Waals surface area contributed by atoms with E-state index in [1.807, 2.05) is 30.3 Å². The number of anilines is 1. The van der Waals surface area contributed by atoms with Gasteiger partial charge in [-0.05, 0) is 54.8 Å². The quantitative estimate of drug-likeness (QED) is 0.341. The summed E-state index contributed by atoms with van der Waals surface area (Å²) < 4.78 is 18.0. The Morgan fingerprint density at radius 1 is 0.900 bits per heavy atom. The molecule has 0 amide bonds. The van der Waals surface area contributed by atoms with Crippen molar-refractivity contribution >= 4 is 27.6 Å². The summed E-state index contributed by atoms with van der Waals surface area (Å²) in [6, 6.07) is 20.6. The van der Waals surface area contributed by atoms with Gasteiger partial charge in [0.2, 0.25) is 0 Å². The Bertz CT molecular complexity index is 1160. The number of furan rings is 1. The van der Waals surface area contributed by atoms with E-state index >= 15 is 0 Å². The van der Waals surface area contributed by atoms with Gasteiger partial charge in [-0.2, -0.15) is 0 Å². The van der Waals surface area contributed by atoms with Gasteiger partial charge in [-0.3, -0.25) is 0 Å². The summed E-state index contributed by atoms with van der Waals surface area (Å²) in [5.74, 6) is 1.70. The number of fused-ring (bicyclic) bond motifs is 4. The van der Waals surface area contributed by atoms with E-state index in [1.165, 1.54) is 24.8 Å². The fourth-order valence-corrected chi connectivity index (χ4v) is 4.07. The van der Waals surface area contributed by atoms with Gasteiger partial charge in [-0.15, -0.1) is 0 Å². The van der Waals surface area contributed by atoms with Crippen LogP contribution in [0.4, 0.5) is 5.69 Å². The van der Waals surface area contributed by atoms with Crippen molar-refractivity contribution in [2.45, 2.75) is 45.3 Å². The third-order valence-electron chi connectivity index (χ3n) is 5.73. The maximum Gasteiger partial charge on any atom is 0.161 e. The van der Waals surface area contributed by atoms with Crippen molar-refractivity contribution in [3.05, 3.63) is 66.2 Å². The number of ether oxygens (including phenoxy) is 2. The molecule has 3 aromatic carbocycles. The molecule has 1 N–H and O–H groups in total. The van der Waals surface area contributed by atoms with Crippen LogP contribution < -0.4 is 14.8 Å². The molecule has 0 aliphatic carbocycles. The van der Waals surface area contributed by atoms with Crippen molar-refractivity contribution in [2.24, 2.45) is 0 Å². The van der Waals surface area contributed by atoms with Crippen LogP contribution in [0, 0.1) is 0 Å². The molecule has 1 aliphatic heterocycles. The van der Waals surface area contributed by atoms with E-state index in [2.05, 4.69) is 42.6 Å². The Balaban J connectivity index is 1.26. The third kappa shape index (κ3) is 3.82. The molecule has 0 saturated heterocycles. The van der Waals surface area contributed by atoms with E-state index in [0.717, 1.165) is 52.1 Å². The number of hydrogen-bond acceptors (Lipinski definition) is 4. The van der Waals surface area contributed by atoms with E-state index in [1.54, 1.807) is 0 Å². The first kappa shape index (κ1) is 18.9. The van der Waals surface area contributed by atoms with Crippen molar-refractivity contribution in [3.63, 3.8) is 0 Å². The summed E-state index contributed by atoms with van der Waals surface area (Å²) in [7, 11) is 0. The maximum absolute atomic E-state index is 6.12. The molecule has 0 saturated carbocycles. The first-order valence-corrected chi connectivity index (χ1v) is 10.9. The monoisotopic (exact) mass is 401 g/mol. The summed E-state index contributed by atoms with van der Waals surface area (Å²) in [5, 5.41) is 5.79. The number of nitrogens with one attached hydrogen (secondary N) is 1. The lowest BCUT2D eigenvalue weighted by Gasteiger charge is -2.27. The standard InChI is InChI=1S/C26H27NO3/c1-2-3-4-7-20-17-28-26-14-18(10-12-25(26)29-20)16-27-19-11-13-24-22(15-19)21-8-5-6-9-23(21)30-24/h5-6,8-15,20,27H,2-4,7,16-17H2,1H3. The molecular weight excluding hydrogens is 374 g/mol. The average molecular weight is 402 g/mol. The summed E-state index contributed by atoms with van der Waals surface area (Å²) in [5.41, 5.74) is 4.07. The van der Waals surface area contributed by atoms with Crippen molar-refractivity contribution < 1.29 is 13.9 Å². The molecule has 5 rings (SSSR count). The fourth-order valence-electron chi connectivity index (χ4n) is 4.07. The van der Waals surface area contributed by atoms with Gasteiger partial charge in [-0.1, -0.05) is 44.0 Å². The minimum atomic E-state index is 0.171. The molecule has 4 nitrogen and oxygen atoms in total. The summed E-state index contributed by atoms with van der Waals surface area (Å²) >= 11 is 0. The zero-order valence-corrected chi connectivity index (χ0v) is 17.3. The second-order valence-corrected chi connectivity index (χ2v) is 7.99. The highest BCUT2D eigenvalue weighted by Crippen LogP contribution is 2.34. The van der Waals surface area contributed by atoms with Gasteiger partial charge in [0, 0.05) is 23.0 Å². The number of hydrogen-bond donors (Lipinski definition) is 1. The van der Waals surface area contributed by atoms with Crippen LogP contribution in [0.15, 0.2) is 65.1 Å². The Morgan fingerprint density at radius 2 is 1.80 bits per heavy atom. The minimum Gasteiger partial charge on any atom is -0.486 e. The number of benzene rings is 3. The summed E-state index contributed by atoms with van der Waals surface area (Å²) in [6.45, 7) is 3.58. The molecule has 1 aliphatic rings.